The SMILES string of the molecule is COc1ccc(C)cc1CC(=O)N(C)C(C)(C)C(=O)O. The summed E-state index contributed by atoms with van der Waals surface area (Å²) in [5, 5.41) is 9.15. The van der Waals surface area contributed by atoms with Crippen LogP contribution in [0.25, 0.3) is 0 Å². The number of nitrogens with zero attached hydrogens (tertiary/aromatic N) is 1. The van der Waals surface area contributed by atoms with Crippen LogP contribution >= 0.6 is 0 Å². The van der Waals surface area contributed by atoms with E-state index >= 15 is 0 Å². The van der Waals surface area contributed by atoms with Crippen LogP contribution in [0.1, 0.15) is 25.0 Å². The maximum absolute atomic E-state index is 12.3. The molecule has 1 rings (SSSR count). The molecule has 0 atom stereocenters. The first kappa shape index (κ1) is 16.0. The van der Waals surface area contributed by atoms with Gasteiger partial charge in [0.15, 0.2) is 0 Å². The molecule has 0 bridgehead atoms. The van der Waals surface area contributed by atoms with Gasteiger partial charge in [-0.3, -0.25) is 4.79 Å². The quantitative estimate of drug-likeness (QED) is 0.893. The van der Waals surface area contributed by atoms with E-state index in [-0.39, 0.29) is 12.3 Å². The maximum Gasteiger partial charge on any atom is 0.329 e. The van der Waals surface area contributed by atoms with Crippen LogP contribution < -0.4 is 4.74 Å². The van der Waals surface area contributed by atoms with Crippen LogP contribution in [0.2, 0.25) is 0 Å². The number of carbonyl (C=O) groups excluding carboxylic acids is 1. The molecule has 0 saturated heterocycles. The van der Waals surface area contributed by atoms with Gasteiger partial charge in [-0.15, -0.1) is 0 Å². The zero-order valence-corrected chi connectivity index (χ0v) is 12.6. The number of methoxy groups -OCH3 is 1. The number of amides is 1. The highest BCUT2D eigenvalue weighted by Crippen LogP contribution is 2.22. The standard InChI is InChI=1S/C15H21NO4/c1-10-6-7-12(20-5)11(8-10)9-13(17)16(4)15(2,3)14(18)19/h6-8H,9H2,1-5H3,(H,18,19). The second-order valence-electron chi connectivity index (χ2n) is 5.31. The molecule has 0 fully saturated rings. The van der Waals surface area contributed by atoms with Crippen molar-refractivity contribution < 1.29 is 19.4 Å². The van der Waals surface area contributed by atoms with E-state index in [1.165, 1.54) is 25.8 Å². The number of carboxylic acid groups (broad SMARTS) is 1. The second kappa shape index (κ2) is 5.94. The van der Waals surface area contributed by atoms with Crippen molar-refractivity contribution in [3.05, 3.63) is 29.3 Å². The molecule has 0 spiro atoms. The van der Waals surface area contributed by atoms with Gasteiger partial charge in [0.25, 0.3) is 0 Å². The van der Waals surface area contributed by atoms with Crippen LogP contribution in [0.15, 0.2) is 18.2 Å². The van der Waals surface area contributed by atoms with Gasteiger partial charge in [0.2, 0.25) is 5.91 Å². The molecular formula is C15H21NO4. The Kier molecular flexibility index (Phi) is 4.76. The van der Waals surface area contributed by atoms with Crippen molar-refractivity contribution in [3.63, 3.8) is 0 Å². The van der Waals surface area contributed by atoms with E-state index in [0.717, 1.165) is 11.1 Å². The van der Waals surface area contributed by atoms with E-state index in [2.05, 4.69) is 0 Å². The van der Waals surface area contributed by atoms with Crippen molar-refractivity contribution in [2.45, 2.75) is 32.7 Å². The minimum absolute atomic E-state index is 0.109. The van der Waals surface area contributed by atoms with Gasteiger partial charge >= 0.3 is 5.97 Å². The number of aryl methyl sites for hydroxylation is 1. The Morgan fingerprint density at radius 3 is 2.45 bits per heavy atom. The fourth-order valence-electron chi connectivity index (χ4n) is 1.78. The number of carbonyl (C=O) groups is 2. The first-order valence-electron chi connectivity index (χ1n) is 6.33. The molecule has 0 aliphatic rings. The van der Waals surface area contributed by atoms with Gasteiger partial charge in [-0.25, -0.2) is 4.79 Å². The largest absolute Gasteiger partial charge is 0.496 e. The van der Waals surface area contributed by atoms with Crippen molar-refractivity contribution in [2.24, 2.45) is 0 Å². The number of hydrogen-bond acceptors (Lipinski definition) is 3. The van der Waals surface area contributed by atoms with Gasteiger partial charge in [0.1, 0.15) is 11.3 Å². The van der Waals surface area contributed by atoms with E-state index in [4.69, 9.17) is 9.84 Å². The maximum atomic E-state index is 12.3. The molecule has 1 N–H and O–H groups in total. The summed E-state index contributed by atoms with van der Waals surface area (Å²) in [4.78, 5) is 24.7. The van der Waals surface area contributed by atoms with Crippen LogP contribution in [0.3, 0.4) is 0 Å². The van der Waals surface area contributed by atoms with Crippen molar-refractivity contribution in [1.82, 2.24) is 4.90 Å². The third-order valence-corrected chi connectivity index (χ3v) is 3.51. The predicted molar refractivity (Wildman–Crippen MR) is 75.9 cm³/mol. The molecule has 0 unspecified atom stereocenters. The molecule has 0 aliphatic heterocycles. The smallest absolute Gasteiger partial charge is 0.329 e. The normalized spacial score (nSPS) is 11.1. The Balaban J connectivity index is 2.96. The molecule has 0 aliphatic carbocycles. The lowest BCUT2D eigenvalue weighted by atomic mass is 10.0. The average Bonchev–Trinajstić information content (AvgIpc) is 2.37. The van der Waals surface area contributed by atoms with Gasteiger partial charge < -0.3 is 14.7 Å². The number of aliphatic carboxylic acids is 1. The zero-order chi connectivity index (χ0) is 15.5. The number of benzene rings is 1. The molecule has 1 aromatic rings. The first-order valence-corrected chi connectivity index (χ1v) is 6.33. The van der Waals surface area contributed by atoms with Crippen molar-refractivity contribution in [1.29, 1.82) is 0 Å². The topological polar surface area (TPSA) is 66.8 Å². The molecule has 1 aromatic carbocycles. The highest BCUT2D eigenvalue weighted by atomic mass is 16.5. The highest BCUT2D eigenvalue weighted by molar-refractivity contribution is 5.87. The summed E-state index contributed by atoms with van der Waals surface area (Å²) in [6, 6.07) is 5.58. The molecule has 0 aromatic heterocycles. The lowest BCUT2D eigenvalue weighted by Crippen LogP contribution is -2.51. The van der Waals surface area contributed by atoms with E-state index < -0.39 is 11.5 Å². The third-order valence-electron chi connectivity index (χ3n) is 3.51. The molecule has 5 nitrogen and oxygen atoms in total. The van der Waals surface area contributed by atoms with Gasteiger partial charge in [-0.05, 0) is 26.8 Å². The minimum Gasteiger partial charge on any atom is -0.496 e. The number of hydrogen-bond donors (Lipinski definition) is 1. The Hall–Kier alpha value is -2.04. The van der Waals surface area contributed by atoms with Crippen LogP contribution in [-0.4, -0.2) is 41.6 Å². The van der Waals surface area contributed by atoms with E-state index in [0.29, 0.717) is 5.75 Å². The number of likely N-dealkylation sites (N-methyl/N-ethyl adjacent to an activating group) is 1. The second-order valence-corrected chi connectivity index (χ2v) is 5.31. The summed E-state index contributed by atoms with van der Waals surface area (Å²) in [6.07, 6.45) is 0.109. The van der Waals surface area contributed by atoms with Crippen molar-refractivity contribution in [3.8, 4) is 5.75 Å². The zero-order valence-electron chi connectivity index (χ0n) is 12.6. The number of rotatable bonds is 5. The molecular weight excluding hydrogens is 258 g/mol. The Morgan fingerprint density at radius 2 is 1.95 bits per heavy atom. The van der Waals surface area contributed by atoms with E-state index in [1.54, 1.807) is 13.2 Å². The Morgan fingerprint density at radius 1 is 1.35 bits per heavy atom. The Bertz CT molecular complexity index is 523. The Labute approximate surface area is 119 Å². The van der Waals surface area contributed by atoms with Gasteiger partial charge in [0.05, 0.1) is 13.5 Å². The molecule has 5 heteroatoms. The molecule has 0 heterocycles. The van der Waals surface area contributed by atoms with E-state index in [1.807, 2.05) is 19.1 Å². The minimum atomic E-state index is -1.24. The average molecular weight is 279 g/mol. The van der Waals surface area contributed by atoms with Gasteiger partial charge in [-0.2, -0.15) is 0 Å². The first-order chi connectivity index (χ1) is 9.20. The molecule has 0 saturated carbocycles. The molecule has 1 amide bonds. The van der Waals surface area contributed by atoms with Crippen molar-refractivity contribution >= 4 is 11.9 Å². The summed E-state index contributed by atoms with van der Waals surface area (Å²) >= 11 is 0. The summed E-state index contributed by atoms with van der Waals surface area (Å²) in [5.74, 6) is -0.670. The van der Waals surface area contributed by atoms with Crippen LogP contribution in [0.4, 0.5) is 0 Å². The molecule has 110 valence electrons. The van der Waals surface area contributed by atoms with Crippen LogP contribution in [0, 0.1) is 6.92 Å². The third kappa shape index (κ3) is 3.29. The lowest BCUT2D eigenvalue weighted by molar-refractivity contribution is -0.155. The fourth-order valence-corrected chi connectivity index (χ4v) is 1.78. The number of carboxylic acids is 1. The fraction of sp³-hybridized carbons (Fsp3) is 0.467. The highest BCUT2D eigenvalue weighted by Gasteiger charge is 2.35. The monoisotopic (exact) mass is 279 g/mol. The number of ether oxygens (including phenoxy) is 1. The van der Waals surface area contributed by atoms with Crippen LogP contribution in [-0.2, 0) is 16.0 Å². The molecule has 0 radical (unpaired) electrons. The summed E-state index contributed by atoms with van der Waals surface area (Å²) in [6.45, 7) is 4.93. The van der Waals surface area contributed by atoms with Crippen molar-refractivity contribution in [2.75, 3.05) is 14.2 Å². The summed E-state index contributed by atoms with van der Waals surface area (Å²) in [5.41, 5.74) is 0.535. The van der Waals surface area contributed by atoms with Crippen LogP contribution in [0.5, 0.6) is 5.75 Å². The lowest BCUT2D eigenvalue weighted by Gasteiger charge is -2.31. The predicted octanol–water partition coefficient (Wildman–Crippen LogP) is 1.87. The summed E-state index contributed by atoms with van der Waals surface area (Å²) < 4.78 is 5.23. The molecule has 20 heavy (non-hydrogen) atoms. The van der Waals surface area contributed by atoms with Gasteiger partial charge in [-0.1, -0.05) is 17.7 Å². The summed E-state index contributed by atoms with van der Waals surface area (Å²) in [7, 11) is 3.04. The van der Waals surface area contributed by atoms with E-state index in [9.17, 15) is 9.59 Å². The van der Waals surface area contributed by atoms with Gasteiger partial charge in [0, 0.05) is 12.6 Å².